The zero-order chi connectivity index (χ0) is 13.1. The van der Waals surface area contributed by atoms with Gasteiger partial charge in [0.15, 0.2) is 0 Å². The number of rotatable bonds is 2. The third-order valence-electron chi connectivity index (χ3n) is 2.72. The van der Waals surface area contributed by atoms with E-state index in [1.807, 2.05) is 11.8 Å². The molecule has 1 fully saturated rings. The van der Waals surface area contributed by atoms with Gasteiger partial charge in [-0.2, -0.15) is 11.8 Å². The molecule has 1 unspecified atom stereocenters. The van der Waals surface area contributed by atoms with Crippen molar-refractivity contribution in [3.8, 4) is 0 Å². The Morgan fingerprint density at radius 3 is 3.11 bits per heavy atom. The Bertz CT molecular complexity index is 457. The highest BCUT2D eigenvalue weighted by Crippen LogP contribution is 2.22. The van der Waals surface area contributed by atoms with E-state index in [1.54, 1.807) is 17.0 Å². The molecule has 98 valence electrons. The number of carbonyl (C=O) groups is 1. The number of hydrazine groups is 1. The number of thioether (sulfide) groups is 1. The summed E-state index contributed by atoms with van der Waals surface area (Å²) in [6, 6.07) is 3.26. The number of nitrogens with two attached hydrogens (primary N) is 1. The summed E-state index contributed by atoms with van der Waals surface area (Å²) in [5.41, 5.74) is 2.67. The Hall–Kier alpha value is -0.980. The molecule has 0 spiro atoms. The van der Waals surface area contributed by atoms with Crippen molar-refractivity contribution in [1.82, 2.24) is 9.88 Å². The van der Waals surface area contributed by atoms with Gasteiger partial charge in [-0.3, -0.25) is 4.79 Å². The van der Waals surface area contributed by atoms with E-state index in [1.165, 1.54) is 0 Å². The number of amides is 1. The molecular weight excluding hydrogens is 272 g/mol. The Kier molecular flexibility index (Phi) is 4.31. The fraction of sp³-hybridized carbons (Fsp3) is 0.455. The second-order valence-corrected chi connectivity index (χ2v) is 6.06. The van der Waals surface area contributed by atoms with Crippen molar-refractivity contribution in [2.45, 2.75) is 12.2 Å². The van der Waals surface area contributed by atoms with Crippen molar-refractivity contribution in [2.75, 3.05) is 24.3 Å². The second kappa shape index (κ2) is 5.77. The number of halogens is 1. The number of aromatic nitrogens is 1. The third kappa shape index (κ3) is 2.88. The smallest absolute Gasteiger partial charge is 0.274 e. The average molecular weight is 287 g/mol. The van der Waals surface area contributed by atoms with Gasteiger partial charge in [-0.05, 0) is 12.1 Å². The summed E-state index contributed by atoms with van der Waals surface area (Å²) in [6.07, 6.45) is 0. The van der Waals surface area contributed by atoms with Gasteiger partial charge in [0.1, 0.15) is 11.5 Å². The minimum atomic E-state index is -0.135. The van der Waals surface area contributed by atoms with E-state index >= 15 is 0 Å². The van der Waals surface area contributed by atoms with E-state index in [0.29, 0.717) is 16.1 Å². The Morgan fingerprint density at radius 2 is 2.44 bits per heavy atom. The van der Waals surface area contributed by atoms with E-state index in [2.05, 4.69) is 17.3 Å². The molecule has 1 atom stereocenters. The third-order valence-corrected chi connectivity index (χ3v) is 4.17. The molecule has 18 heavy (non-hydrogen) atoms. The van der Waals surface area contributed by atoms with Crippen LogP contribution in [0.25, 0.3) is 0 Å². The van der Waals surface area contributed by atoms with Crippen LogP contribution in [0.1, 0.15) is 17.4 Å². The van der Waals surface area contributed by atoms with E-state index in [0.717, 1.165) is 18.8 Å². The van der Waals surface area contributed by atoms with Crippen LogP contribution < -0.4 is 11.3 Å². The van der Waals surface area contributed by atoms with Crippen molar-refractivity contribution >= 4 is 35.1 Å². The molecule has 7 heteroatoms. The summed E-state index contributed by atoms with van der Waals surface area (Å²) in [4.78, 5) is 18.2. The second-order valence-electron chi connectivity index (χ2n) is 4.10. The maximum absolute atomic E-state index is 12.3. The molecule has 2 rings (SSSR count). The quantitative estimate of drug-likeness (QED) is 0.638. The first-order chi connectivity index (χ1) is 8.61. The van der Waals surface area contributed by atoms with Crippen LogP contribution >= 0.6 is 23.4 Å². The first kappa shape index (κ1) is 13.5. The molecule has 1 aliphatic rings. The molecule has 1 saturated heterocycles. The fourth-order valence-electron chi connectivity index (χ4n) is 1.83. The highest BCUT2D eigenvalue weighted by Gasteiger charge is 2.25. The number of nitrogen functional groups attached to an aromatic ring is 1. The first-order valence-corrected chi connectivity index (χ1v) is 7.08. The van der Waals surface area contributed by atoms with Gasteiger partial charge in [0.05, 0.1) is 5.02 Å². The lowest BCUT2D eigenvalue weighted by atomic mass is 10.3. The molecule has 1 aromatic rings. The summed E-state index contributed by atoms with van der Waals surface area (Å²) in [5.74, 6) is 6.53. The molecular formula is C11H15ClN4OS. The number of nitrogens with zero attached hydrogens (tertiary/aromatic N) is 2. The Balaban J connectivity index is 2.22. The number of hydrogen-bond acceptors (Lipinski definition) is 5. The monoisotopic (exact) mass is 286 g/mol. The lowest BCUT2D eigenvalue weighted by molar-refractivity contribution is 0.0757. The lowest BCUT2D eigenvalue weighted by Crippen LogP contribution is -2.41. The van der Waals surface area contributed by atoms with Crippen LogP contribution in [0.4, 0.5) is 5.82 Å². The Labute approximate surface area is 115 Å². The van der Waals surface area contributed by atoms with Gasteiger partial charge < -0.3 is 10.3 Å². The molecule has 0 aromatic carbocycles. The van der Waals surface area contributed by atoms with E-state index in [9.17, 15) is 4.79 Å². The average Bonchev–Trinajstić information content (AvgIpc) is 2.38. The molecule has 0 bridgehead atoms. The lowest BCUT2D eigenvalue weighted by Gasteiger charge is -2.30. The van der Waals surface area contributed by atoms with Gasteiger partial charge >= 0.3 is 0 Å². The largest absolute Gasteiger partial charge is 0.335 e. The normalized spacial score (nSPS) is 19.7. The number of hydrogen-bond donors (Lipinski definition) is 2. The first-order valence-electron chi connectivity index (χ1n) is 5.66. The Morgan fingerprint density at radius 1 is 1.67 bits per heavy atom. The highest BCUT2D eigenvalue weighted by molar-refractivity contribution is 7.99. The van der Waals surface area contributed by atoms with Crippen LogP contribution in [0, 0.1) is 0 Å². The van der Waals surface area contributed by atoms with Crippen LogP contribution in [0.3, 0.4) is 0 Å². The summed E-state index contributed by atoms with van der Waals surface area (Å²) >= 11 is 7.89. The van der Waals surface area contributed by atoms with Gasteiger partial charge in [-0.15, -0.1) is 0 Å². The van der Waals surface area contributed by atoms with Crippen LogP contribution in [0.2, 0.25) is 5.02 Å². The van der Waals surface area contributed by atoms with Gasteiger partial charge in [0, 0.05) is 24.1 Å². The predicted molar refractivity (Wildman–Crippen MR) is 74.9 cm³/mol. The van der Waals surface area contributed by atoms with Crippen molar-refractivity contribution in [2.24, 2.45) is 5.84 Å². The van der Waals surface area contributed by atoms with Gasteiger partial charge in [0.25, 0.3) is 5.91 Å². The number of anilines is 1. The summed E-state index contributed by atoms with van der Waals surface area (Å²) in [7, 11) is 0. The van der Waals surface area contributed by atoms with E-state index < -0.39 is 0 Å². The summed E-state index contributed by atoms with van der Waals surface area (Å²) in [6.45, 7) is 3.56. The van der Waals surface area contributed by atoms with Crippen molar-refractivity contribution in [3.63, 3.8) is 0 Å². The molecule has 5 nitrogen and oxygen atoms in total. The SMILES string of the molecule is CC1CN(C(=O)c2nc(NN)ccc2Cl)CCS1. The molecule has 3 N–H and O–H groups in total. The van der Waals surface area contributed by atoms with Crippen molar-refractivity contribution in [1.29, 1.82) is 0 Å². The number of pyridine rings is 1. The molecule has 1 amide bonds. The topological polar surface area (TPSA) is 71.2 Å². The van der Waals surface area contributed by atoms with E-state index in [-0.39, 0.29) is 11.6 Å². The standard InChI is InChI=1S/C11H15ClN4OS/c1-7-6-16(4-5-18-7)11(17)10-8(12)2-3-9(14-10)15-13/h2-3,7H,4-6,13H2,1H3,(H,14,15). The molecule has 2 heterocycles. The summed E-state index contributed by atoms with van der Waals surface area (Å²) < 4.78 is 0. The maximum atomic E-state index is 12.3. The van der Waals surface area contributed by atoms with Crippen molar-refractivity contribution < 1.29 is 4.79 Å². The van der Waals surface area contributed by atoms with Crippen LogP contribution in [0.15, 0.2) is 12.1 Å². The van der Waals surface area contributed by atoms with Crippen LogP contribution in [-0.2, 0) is 0 Å². The van der Waals surface area contributed by atoms with Gasteiger partial charge in [-0.25, -0.2) is 10.8 Å². The number of nitrogens with one attached hydrogen (secondary N) is 1. The van der Waals surface area contributed by atoms with Gasteiger partial charge in [-0.1, -0.05) is 18.5 Å². The zero-order valence-corrected chi connectivity index (χ0v) is 11.6. The van der Waals surface area contributed by atoms with E-state index in [4.69, 9.17) is 17.4 Å². The minimum absolute atomic E-state index is 0.135. The molecule has 0 aliphatic carbocycles. The van der Waals surface area contributed by atoms with Crippen LogP contribution in [-0.4, -0.2) is 39.9 Å². The minimum Gasteiger partial charge on any atom is -0.335 e. The molecule has 0 saturated carbocycles. The van der Waals surface area contributed by atoms with Crippen molar-refractivity contribution in [3.05, 3.63) is 22.8 Å². The van der Waals surface area contributed by atoms with Gasteiger partial charge in [0.2, 0.25) is 0 Å². The zero-order valence-electron chi connectivity index (χ0n) is 10.0. The molecule has 0 radical (unpaired) electrons. The fourth-order valence-corrected chi connectivity index (χ4v) is 3.02. The molecule has 1 aliphatic heterocycles. The summed E-state index contributed by atoms with van der Waals surface area (Å²) in [5, 5.41) is 0.794. The maximum Gasteiger partial charge on any atom is 0.274 e. The molecule has 1 aromatic heterocycles. The highest BCUT2D eigenvalue weighted by atomic mass is 35.5. The van der Waals surface area contributed by atoms with Crippen LogP contribution in [0.5, 0.6) is 0 Å². The number of carbonyl (C=O) groups excluding carboxylic acids is 1. The predicted octanol–water partition coefficient (Wildman–Crippen LogP) is 1.60.